The summed E-state index contributed by atoms with van der Waals surface area (Å²) in [7, 11) is 0. The van der Waals surface area contributed by atoms with Crippen LogP contribution in [0.4, 0.5) is 10.1 Å². The molecule has 0 spiro atoms. The molecule has 0 radical (unpaired) electrons. The molecule has 1 aromatic rings. The molecule has 2 atom stereocenters. The van der Waals surface area contributed by atoms with Crippen LogP contribution in [-0.4, -0.2) is 11.9 Å². The summed E-state index contributed by atoms with van der Waals surface area (Å²) in [6.45, 7) is 1.68. The van der Waals surface area contributed by atoms with Crippen molar-refractivity contribution in [2.75, 3.05) is 5.32 Å². The average molecular weight is 208 g/mol. The Morgan fingerprint density at radius 3 is 2.80 bits per heavy atom. The SMILES string of the molecule is Cc1ccc(NC(=O)C2CC2N)cc1F. The maximum atomic E-state index is 13.1. The second-order valence-electron chi connectivity index (χ2n) is 3.96. The van der Waals surface area contributed by atoms with Gasteiger partial charge < -0.3 is 11.1 Å². The van der Waals surface area contributed by atoms with E-state index in [0.717, 1.165) is 6.42 Å². The molecule has 1 fully saturated rings. The molecule has 2 rings (SSSR count). The van der Waals surface area contributed by atoms with Crippen LogP contribution < -0.4 is 11.1 Å². The van der Waals surface area contributed by atoms with Gasteiger partial charge in [-0.2, -0.15) is 0 Å². The normalized spacial score (nSPS) is 23.7. The summed E-state index contributed by atoms with van der Waals surface area (Å²) in [5.74, 6) is -0.534. The quantitative estimate of drug-likeness (QED) is 0.772. The van der Waals surface area contributed by atoms with Crippen LogP contribution in [0.15, 0.2) is 18.2 Å². The van der Waals surface area contributed by atoms with Crippen LogP contribution in [0.3, 0.4) is 0 Å². The molecule has 0 heterocycles. The Labute approximate surface area is 87.5 Å². The van der Waals surface area contributed by atoms with Gasteiger partial charge in [0.05, 0.1) is 5.92 Å². The number of halogens is 1. The molecule has 1 saturated carbocycles. The summed E-state index contributed by atoms with van der Waals surface area (Å²) in [4.78, 5) is 11.5. The van der Waals surface area contributed by atoms with Gasteiger partial charge in [-0.05, 0) is 31.0 Å². The average Bonchev–Trinajstić information content (AvgIpc) is 2.89. The molecule has 0 saturated heterocycles. The minimum Gasteiger partial charge on any atom is -0.327 e. The van der Waals surface area contributed by atoms with Crippen LogP contribution in [0.25, 0.3) is 0 Å². The third-order valence-corrected chi connectivity index (χ3v) is 2.62. The lowest BCUT2D eigenvalue weighted by atomic mass is 10.2. The molecular formula is C11H13FN2O. The summed E-state index contributed by atoms with van der Waals surface area (Å²) >= 11 is 0. The Balaban J connectivity index is 2.04. The van der Waals surface area contributed by atoms with Gasteiger partial charge >= 0.3 is 0 Å². The fourth-order valence-electron chi connectivity index (χ4n) is 1.42. The molecule has 2 unspecified atom stereocenters. The number of nitrogens with one attached hydrogen (secondary N) is 1. The van der Waals surface area contributed by atoms with E-state index >= 15 is 0 Å². The van der Waals surface area contributed by atoms with E-state index in [1.54, 1.807) is 19.1 Å². The highest BCUT2D eigenvalue weighted by Crippen LogP contribution is 2.29. The van der Waals surface area contributed by atoms with Gasteiger partial charge in [0.2, 0.25) is 5.91 Å². The van der Waals surface area contributed by atoms with E-state index in [4.69, 9.17) is 5.73 Å². The van der Waals surface area contributed by atoms with Gasteiger partial charge in [0.1, 0.15) is 5.82 Å². The van der Waals surface area contributed by atoms with Crippen LogP contribution in [0, 0.1) is 18.7 Å². The highest BCUT2D eigenvalue weighted by atomic mass is 19.1. The standard InChI is InChI=1S/C11H13FN2O/c1-6-2-3-7(4-9(6)12)14-11(15)8-5-10(8)13/h2-4,8,10H,5,13H2,1H3,(H,14,15). The van der Waals surface area contributed by atoms with Gasteiger partial charge in [-0.25, -0.2) is 4.39 Å². The Bertz CT molecular complexity index is 406. The maximum absolute atomic E-state index is 13.1. The smallest absolute Gasteiger partial charge is 0.229 e. The molecule has 15 heavy (non-hydrogen) atoms. The lowest BCUT2D eigenvalue weighted by molar-refractivity contribution is -0.117. The summed E-state index contributed by atoms with van der Waals surface area (Å²) in [6, 6.07) is 4.61. The molecule has 3 N–H and O–H groups in total. The lowest BCUT2D eigenvalue weighted by Crippen LogP contribution is -2.18. The van der Waals surface area contributed by atoms with Crippen molar-refractivity contribution in [1.29, 1.82) is 0 Å². The fourth-order valence-corrected chi connectivity index (χ4v) is 1.42. The minimum absolute atomic E-state index is 0.0275. The third kappa shape index (κ3) is 2.15. The highest BCUT2D eigenvalue weighted by molar-refractivity contribution is 5.94. The summed E-state index contributed by atoms with van der Waals surface area (Å²) in [6.07, 6.45) is 0.722. The number of rotatable bonds is 2. The van der Waals surface area contributed by atoms with Gasteiger partial charge in [-0.1, -0.05) is 6.07 Å². The number of carbonyl (C=O) groups excluding carboxylic acids is 1. The van der Waals surface area contributed by atoms with Gasteiger partial charge in [0, 0.05) is 11.7 Å². The van der Waals surface area contributed by atoms with E-state index in [0.29, 0.717) is 11.3 Å². The van der Waals surface area contributed by atoms with Crippen molar-refractivity contribution in [3.05, 3.63) is 29.6 Å². The number of anilines is 1. The lowest BCUT2D eigenvalue weighted by Gasteiger charge is -2.05. The molecule has 0 aliphatic heterocycles. The van der Waals surface area contributed by atoms with Gasteiger partial charge in [-0.15, -0.1) is 0 Å². The second kappa shape index (κ2) is 3.62. The first-order valence-electron chi connectivity index (χ1n) is 4.90. The molecule has 3 nitrogen and oxygen atoms in total. The second-order valence-corrected chi connectivity index (χ2v) is 3.96. The number of aryl methyl sites for hydroxylation is 1. The Kier molecular flexibility index (Phi) is 2.44. The predicted molar refractivity (Wildman–Crippen MR) is 55.8 cm³/mol. The molecule has 1 aliphatic carbocycles. The molecule has 4 heteroatoms. The largest absolute Gasteiger partial charge is 0.327 e. The van der Waals surface area contributed by atoms with Crippen LogP contribution in [0.1, 0.15) is 12.0 Å². The monoisotopic (exact) mass is 208 g/mol. The van der Waals surface area contributed by atoms with Crippen molar-refractivity contribution >= 4 is 11.6 Å². The Morgan fingerprint density at radius 1 is 1.60 bits per heavy atom. The number of hydrogen-bond acceptors (Lipinski definition) is 2. The van der Waals surface area contributed by atoms with Gasteiger partial charge in [0.15, 0.2) is 0 Å². The zero-order chi connectivity index (χ0) is 11.0. The van der Waals surface area contributed by atoms with E-state index in [9.17, 15) is 9.18 Å². The van der Waals surface area contributed by atoms with Crippen molar-refractivity contribution < 1.29 is 9.18 Å². The number of carbonyl (C=O) groups is 1. The van der Waals surface area contributed by atoms with Gasteiger partial charge in [0.25, 0.3) is 0 Å². The summed E-state index contributed by atoms with van der Waals surface area (Å²) in [5.41, 5.74) is 6.59. The van der Waals surface area contributed by atoms with Crippen LogP contribution >= 0.6 is 0 Å². The van der Waals surface area contributed by atoms with E-state index in [2.05, 4.69) is 5.32 Å². The summed E-state index contributed by atoms with van der Waals surface area (Å²) in [5, 5.41) is 2.64. The summed E-state index contributed by atoms with van der Waals surface area (Å²) < 4.78 is 13.1. The van der Waals surface area contributed by atoms with E-state index in [1.165, 1.54) is 6.07 Å². The first-order chi connectivity index (χ1) is 7.08. The van der Waals surface area contributed by atoms with Gasteiger partial charge in [-0.3, -0.25) is 4.79 Å². The first kappa shape index (κ1) is 10.1. The van der Waals surface area contributed by atoms with Crippen molar-refractivity contribution in [2.45, 2.75) is 19.4 Å². The van der Waals surface area contributed by atoms with E-state index in [1.807, 2.05) is 0 Å². The minimum atomic E-state index is -0.312. The molecular weight excluding hydrogens is 195 g/mol. The fraction of sp³-hybridized carbons (Fsp3) is 0.364. The predicted octanol–water partition coefficient (Wildman–Crippen LogP) is 1.42. The van der Waals surface area contributed by atoms with Crippen LogP contribution in [-0.2, 0) is 4.79 Å². The zero-order valence-electron chi connectivity index (χ0n) is 8.46. The maximum Gasteiger partial charge on any atom is 0.229 e. The zero-order valence-corrected chi connectivity index (χ0v) is 8.46. The van der Waals surface area contributed by atoms with Crippen LogP contribution in [0.5, 0.6) is 0 Å². The molecule has 0 aromatic heterocycles. The topological polar surface area (TPSA) is 55.1 Å². The number of hydrogen-bond donors (Lipinski definition) is 2. The number of nitrogens with two attached hydrogens (primary N) is 1. The molecule has 0 bridgehead atoms. The molecule has 80 valence electrons. The number of amides is 1. The van der Waals surface area contributed by atoms with E-state index < -0.39 is 0 Å². The molecule has 1 amide bonds. The highest BCUT2D eigenvalue weighted by Gasteiger charge is 2.39. The third-order valence-electron chi connectivity index (χ3n) is 2.62. The Morgan fingerprint density at radius 2 is 2.27 bits per heavy atom. The van der Waals surface area contributed by atoms with Crippen molar-refractivity contribution in [3.8, 4) is 0 Å². The van der Waals surface area contributed by atoms with E-state index in [-0.39, 0.29) is 23.7 Å². The van der Waals surface area contributed by atoms with Crippen LogP contribution in [0.2, 0.25) is 0 Å². The molecule has 1 aromatic carbocycles. The number of benzene rings is 1. The van der Waals surface area contributed by atoms with Crippen molar-refractivity contribution in [1.82, 2.24) is 0 Å². The van der Waals surface area contributed by atoms with Crippen molar-refractivity contribution in [2.24, 2.45) is 11.7 Å². The molecule has 1 aliphatic rings. The Hall–Kier alpha value is -1.42. The first-order valence-corrected chi connectivity index (χ1v) is 4.90. The van der Waals surface area contributed by atoms with Crippen molar-refractivity contribution in [3.63, 3.8) is 0 Å².